The Labute approximate surface area is 246 Å². The fraction of sp³-hybridized carbons (Fsp3) is 0.233. The summed E-state index contributed by atoms with van der Waals surface area (Å²) < 4.78 is 13.5. The molecular weight excluding hydrogens is 567 g/mol. The van der Waals surface area contributed by atoms with E-state index < -0.39 is 5.91 Å². The lowest BCUT2D eigenvalue weighted by molar-refractivity contribution is 0.0706. The Balaban J connectivity index is 1.52. The van der Waals surface area contributed by atoms with E-state index in [2.05, 4.69) is 5.32 Å². The molecule has 9 nitrogen and oxygen atoms in total. The van der Waals surface area contributed by atoms with Gasteiger partial charge in [-0.05, 0) is 66.6 Å². The second-order valence-corrected chi connectivity index (χ2v) is 10.4. The lowest BCUT2D eigenvalue weighted by atomic mass is 10.1. The molecule has 2 amide bonds. The van der Waals surface area contributed by atoms with Crippen LogP contribution in [-0.2, 0) is 19.6 Å². The van der Waals surface area contributed by atoms with Gasteiger partial charge in [0.1, 0.15) is 17.2 Å². The number of nitrogens with one attached hydrogen (secondary N) is 1. The molecule has 41 heavy (non-hydrogen) atoms. The van der Waals surface area contributed by atoms with Gasteiger partial charge < -0.3 is 19.7 Å². The number of nitrogens with zero attached hydrogens (tertiary/aromatic N) is 3. The number of hydrogen-bond donors (Lipinski definition) is 1. The monoisotopic (exact) mass is 594 g/mol. The average molecular weight is 595 g/mol. The van der Waals surface area contributed by atoms with Gasteiger partial charge in [-0.2, -0.15) is 0 Å². The summed E-state index contributed by atoms with van der Waals surface area (Å²) in [6, 6.07) is 17.2. The van der Waals surface area contributed by atoms with Crippen LogP contribution >= 0.6 is 23.2 Å². The number of benzene rings is 3. The standard InChI is InChI=1S/C30H28Cl2N4O5/c1-18-14-19(4-11-26(18)41-3)16-33-28(37)27-25-17-34(29(38)20-5-10-23(31)24(32)15-20)12-13-35(25)30(39)36(27)21-6-8-22(40-2)9-7-21/h4-11,14-15H,12-13,16-17H2,1-3H3,(H,33,37). The quantitative estimate of drug-likeness (QED) is 0.330. The van der Waals surface area contributed by atoms with Crippen molar-refractivity contribution in [3.63, 3.8) is 0 Å². The normalized spacial score (nSPS) is 12.6. The Bertz CT molecular complexity index is 1690. The van der Waals surface area contributed by atoms with Crippen molar-refractivity contribution in [1.29, 1.82) is 0 Å². The number of carbonyl (C=O) groups is 2. The lowest BCUT2D eigenvalue weighted by Crippen LogP contribution is -2.41. The number of aromatic nitrogens is 2. The average Bonchev–Trinajstić information content (AvgIpc) is 3.28. The summed E-state index contributed by atoms with van der Waals surface area (Å²) in [5.41, 5.74) is 2.92. The van der Waals surface area contributed by atoms with Gasteiger partial charge in [0.2, 0.25) is 0 Å². The van der Waals surface area contributed by atoms with Crippen molar-refractivity contribution in [1.82, 2.24) is 19.4 Å². The molecule has 0 spiro atoms. The van der Waals surface area contributed by atoms with Crippen LogP contribution in [0.25, 0.3) is 5.69 Å². The molecule has 0 radical (unpaired) electrons. The van der Waals surface area contributed by atoms with E-state index in [0.717, 1.165) is 16.9 Å². The minimum atomic E-state index is -0.441. The van der Waals surface area contributed by atoms with E-state index in [9.17, 15) is 14.4 Å². The summed E-state index contributed by atoms with van der Waals surface area (Å²) in [5.74, 6) is 0.648. The number of rotatable bonds is 7. The first-order valence-corrected chi connectivity index (χ1v) is 13.6. The van der Waals surface area contributed by atoms with Crippen LogP contribution in [0.1, 0.15) is 37.7 Å². The van der Waals surface area contributed by atoms with Gasteiger partial charge in [0.25, 0.3) is 11.8 Å². The largest absolute Gasteiger partial charge is 0.497 e. The van der Waals surface area contributed by atoms with Gasteiger partial charge in [-0.1, -0.05) is 35.3 Å². The number of amides is 2. The highest BCUT2D eigenvalue weighted by Gasteiger charge is 2.32. The Hall–Kier alpha value is -4.21. The zero-order valence-electron chi connectivity index (χ0n) is 22.7. The first kappa shape index (κ1) is 28.3. The molecule has 1 aliphatic rings. The second-order valence-electron chi connectivity index (χ2n) is 9.61. The van der Waals surface area contributed by atoms with Crippen LogP contribution in [0, 0.1) is 6.92 Å². The van der Waals surface area contributed by atoms with E-state index in [1.807, 2.05) is 25.1 Å². The van der Waals surface area contributed by atoms with Crippen LogP contribution in [-0.4, -0.2) is 46.6 Å². The van der Waals surface area contributed by atoms with Crippen molar-refractivity contribution in [3.8, 4) is 17.2 Å². The smallest absolute Gasteiger partial charge is 0.333 e. The Morgan fingerprint density at radius 1 is 0.927 bits per heavy atom. The van der Waals surface area contributed by atoms with Crippen LogP contribution in [0.2, 0.25) is 10.0 Å². The zero-order valence-corrected chi connectivity index (χ0v) is 24.3. The van der Waals surface area contributed by atoms with E-state index in [0.29, 0.717) is 27.7 Å². The van der Waals surface area contributed by atoms with Crippen LogP contribution in [0.15, 0.2) is 65.5 Å². The zero-order chi connectivity index (χ0) is 29.3. The fourth-order valence-corrected chi connectivity index (χ4v) is 5.26. The van der Waals surface area contributed by atoms with Gasteiger partial charge in [-0.25, -0.2) is 4.79 Å². The Morgan fingerprint density at radius 2 is 1.68 bits per heavy atom. The van der Waals surface area contributed by atoms with E-state index in [-0.39, 0.29) is 48.5 Å². The molecule has 0 unspecified atom stereocenters. The van der Waals surface area contributed by atoms with E-state index >= 15 is 0 Å². The molecular formula is C30H28Cl2N4O5. The van der Waals surface area contributed by atoms with Crippen LogP contribution in [0.3, 0.4) is 0 Å². The SMILES string of the molecule is COc1ccc(-n2c(C(=O)NCc3ccc(OC)c(C)c3)c3n(c2=O)CCN(C(=O)c2ccc(Cl)c(Cl)c2)C3)cc1. The number of carbonyl (C=O) groups excluding carboxylic acids is 2. The van der Waals surface area contributed by atoms with E-state index in [4.69, 9.17) is 32.7 Å². The highest BCUT2D eigenvalue weighted by atomic mass is 35.5. The van der Waals surface area contributed by atoms with Gasteiger partial charge in [-0.3, -0.25) is 18.7 Å². The van der Waals surface area contributed by atoms with Gasteiger partial charge in [-0.15, -0.1) is 0 Å². The maximum Gasteiger partial charge on any atom is 0.333 e. The predicted molar refractivity (Wildman–Crippen MR) is 157 cm³/mol. The van der Waals surface area contributed by atoms with E-state index in [1.165, 1.54) is 10.6 Å². The molecule has 3 aromatic carbocycles. The topological polar surface area (TPSA) is 94.8 Å². The number of hydrogen-bond acceptors (Lipinski definition) is 5. The molecule has 0 aliphatic carbocycles. The highest BCUT2D eigenvalue weighted by molar-refractivity contribution is 6.42. The number of methoxy groups -OCH3 is 2. The molecule has 1 aromatic heterocycles. The predicted octanol–water partition coefficient (Wildman–Crippen LogP) is 4.86. The van der Waals surface area contributed by atoms with E-state index in [1.54, 1.807) is 60.1 Å². The van der Waals surface area contributed by atoms with Crippen molar-refractivity contribution in [2.75, 3.05) is 20.8 Å². The molecule has 4 aromatic rings. The van der Waals surface area contributed by atoms with Crippen LogP contribution in [0.5, 0.6) is 11.5 Å². The number of aryl methyl sites for hydroxylation is 1. The van der Waals surface area contributed by atoms with Gasteiger partial charge in [0.15, 0.2) is 0 Å². The Morgan fingerprint density at radius 3 is 2.34 bits per heavy atom. The molecule has 212 valence electrons. The van der Waals surface area contributed by atoms with Crippen molar-refractivity contribution in [2.24, 2.45) is 0 Å². The fourth-order valence-electron chi connectivity index (χ4n) is 4.97. The second kappa shape index (κ2) is 11.7. The van der Waals surface area contributed by atoms with Gasteiger partial charge >= 0.3 is 5.69 Å². The third-order valence-electron chi connectivity index (χ3n) is 7.09. The number of halogens is 2. The summed E-state index contributed by atoms with van der Waals surface area (Å²) in [6.07, 6.45) is 0. The maximum absolute atomic E-state index is 13.8. The minimum Gasteiger partial charge on any atom is -0.497 e. The number of fused-ring (bicyclic) bond motifs is 1. The minimum absolute atomic E-state index is 0.0574. The molecule has 1 aliphatic heterocycles. The first-order valence-electron chi connectivity index (χ1n) is 12.9. The van der Waals surface area contributed by atoms with Crippen molar-refractivity contribution < 1.29 is 19.1 Å². The summed E-state index contributed by atoms with van der Waals surface area (Å²) in [6.45, 7) is 2.72. The first-order chi connectivity index (χ1) is 19.7. The number of ether oxygens (including phenoxy) is 2. The summed E-state index contributed by atoms with van der Waals surface area (Å²) in [5, 5.41) is 3.57. The molecule has 0 saturated carbocycles. The lowest BCUT2D eigenvalue weighted by Gasteiger charge is -2.28. The summed E-state index contributed by atoms with van der Waals surface area (Å²) in [7, 11) is 3.16. The molecule has 0 fully saturated rings. The molecule has 0 saturated heterocycles. The third-order valence-corrected chi connectivity index (χ3v) is 7.83. The van der Waals surface area contributed by atoms with Crippen molar-refractivity contribution in [2.45, 2.75) is 26.6 Å². The molecule has 1 N–H and O–H groups in total. The van der Waals surface area contributed by atoms with Crippen LogP contribution < -0.4 is 20.5 Å². The number of imidazole rings is 1. The van der Waals surface area contributed by atoms with Gasteiger partial charge in [0, 0.05) is 25.2 Å². The molecule has 11 heteroatoms. The molecule has 0 bridgehead atoms. The maximum atomic E-state index is 13.8. The molecule has 5 rings (SSSR count). The van der Waals surface area contributed by atoms with Crippen LogP contribution in [0.4, 0.5) is 0 Å². The van der Waals surface area contributed by atoms with Crippen molar-refractivity contribution >= 4 is 35.0 Å². The summed E-state index contributed by atoms with van der Waals surface area (Å²) >= 11 is 12.2. The van der Waals surface area contributed by atoms with Crippen molar-refractivity contribution in [3.05, 3.63) is 109 Å². The van der Waals surface area contributed by atoms with Gasteiger partial charge in [0.05, 0.1) is 42.2 Å². The Kier molecular flexibility index (Phi) is 8.10. The molecule has 0 atom stereocenters. The molecule has 2 heterocycles. The third kappa shape index (κ3) is 5.55. The summed E-state index contributed by atoms with van der Waals surface area (Å²) in [4.78, 5) is 42.4. The highest BCUT2D eigenvalue weighted by Crippen LogP contribution is 2.26.